The zero-order chi connectivity index (χ0) is 15.6. The topological polar surface area (TPSA) is 29.5 Å². The third-order valence-corrected chi connectivity index (χ3v) is 5.12. The smallest absolute Gasteiger partial charge is 0.389 e. The van der Waals surface area contributed by atoms with Crippen LogP contribution in [0.5, 0.6) is 5.75 Å². The summed E-state index contributed by atoms with van der Waals surface area (Å²) in [5, 5.41) is 9.87. The predicted molar refractivity (Wildman–Crippen MR) is 76.2 cm³/mol. The van der Waals surface area contributed by atoms with Gasteiger partial charge in [0.2, 0.25) is 0 Å². The van der Waals surface area contributed by atoms with E-state index in [9.17, 15) is 22.7 Å². The predicted octanol–water partition coefficient (Wildman–Crippen LogP) is 5.02. The minimum atomic E-state index is -4.25. The molecule has 2 rings (SSSR count). The molecule has 116 valence electrons. The number of aliphatic hydroxyl groups excluding tert-OH is 1. The minimum Gasteiger partial charge on any atom is -0.489 e. The zero-order valence-corrected chi connectivity index (χ0v) is 13.0. The van der Waals surface area contributed by atoms with Crippen LogP contribution >= 0.6 is 27.3 Å². The van der Waals surface area contributed by atoms with E-state index < -0.39 is 18.4 Å². The lowest BCUT2D eigenvalue weighted by molar-refractivity contribution is -0.136. The van der Waals surface area contributed by atoms with Crippen molar-refractivity contribution < 1.29 is 27.4 Å². The maximum absolute atomic E-state index is 13.8. The molecule has 2 aromatic rings. The first-order valence-corrected chi connectivity index (χ1v) is 7.64. The number of alkyl halides is 3. The van der Waals surface area contributed by atoms with Crippen molar-refractivity contribution in [1.29, 1.82) is 0 Å². The fraction of sp³-hybridized carbons (Fsp3) is 0.385. The van der Waals surface area contributed by atoms with Gasteiger partial charge in [0.25, 0.3) is 0 Å². The summed E-state index contributed by atoms with van der Waals surface area (Å²) in [5.41, 5.74) is 0. The Hall–Kier alpha value is -0.860. The number of fused-ring (bicyclic) bond motifs is 1. The maximum Gasteiger partial charge on any atom is 0.389 e. The van der Waals surface area contributed by atoms with E-state index in [0.29, 0.717) is 19.4 Å². The lowest BCUT2D eigenvalue weighted by Crippen LogP contribution is -2.10. The van der Waals surface area contributed by atoms with E-state index >= 15 is 0 Å². The van der Waals surface area contributed by atoms with Crippen molar-refractivity contribution in [1.82, 2.24) is 0 Å². The van der Waals surface area contributed by atoms with Crippen LogP contribution in [0.1, 0.15) is 17.7 Å². The van der Waals surface area contributed by atoms with Gasteiger partial charge in [-0.25, -0.2) is 4.39 Å². The summed E-state index contributed by atoms with van der Waals surface area (Å²) in [6, 6.07) is 2.73. The van der Waals surface area contributed by atoms with Gasteiger partial charge in [-0.15, -0.1) is 11.3 Å². The number of benzene rings is 1. The monoisotopic (exact) mass is 386 g/mol. The highest BCUT2D eigenvalue weighted by Gasteiger charge is 2.26. The molecule has 0 spiro atoms. The maximum atomic E-state index is 13.8. The molecular weight excluding hydrogens is 376 g/mol. The first-order valence-electron chi connectivity index (χ1n) is 6.03. The Morgan fingerprint density at radius 1 is 1.29 bits per heavy atom. The normalized spacial score (nSPS) is 12.1. The van der Waals surface area contributed by atoms with Gasteiger partial charge in [-0.3, -0.25) is 0 Å². The summed E-state index contributed by atoms with van der Waals surface area (Å²) >= 11 is 4.45. The van der Waals surface area contributed by atoms with E-state index in [1.807, 2.05) is 0 Å². The first kappa shape index (κ1) is 16.5. The Bertz CT molecular complexity index is 639. The van der Waals surface area contributed by atoms with Crippen LogP contribution < -0.4 is 4.74 Å². The van der Waals surface area contributed by atoms with Crippen molar-refractivity contribution in [2.75, 3.05) is 6.61 Å². The van der Waals surface area contributed by atoms with Gasteiger partial charge >= 0.3 is 6.18 Å². The molecule has 0 fully saturated rings. The van der Waals surface area contributed by atoms with Crippen LogP contribution in [0.2, 0.25) is 0 Å². The van der Waals surface area contributed by atoms with Crippen LogP contribution in [0.4, 0.5) is 17.6 Å². The fourth-order valence-corrected chi connectivity index (χ4v) is 3.68. The van der Waals surface area contributed by atoms with Gasteiger partial charge in [0, 0.05) is 21.2 Å². The van der Waals surface area contributed by atoms with Gasteiger partial charge in [-0.05, 0) is 34.5 Å². The summed E-state index contributed by atoms with van der Waals surface area (Å²) in [4.78, 5) is 0.607. The lowest BCUT2D eigenvalue weighted by Gasteiger charge is -2.09. The Morgan fingerprint density at radius 2 is 2.00 bits per heavy atom. The van der Waals surface area contributed by atoms with Crippen molar-refractivity contribution in [3.63, 3.8) is 0 Å². The molecule has 1 heterocycles. The molecule has 0 bridgehead atoms. The lowest BCUT2D eigenvalue weighted by atomic mass is 10.2. The average molecular weight is 387 g/mol. The van der Waals surface area contributed by atoms with E-state index in [-0.39, 0.29) is 25.4 Å². The van der Waals surface area contributed by atoms with Crippen LogP contribution in [-0.2, 0) is 6.61 Å². The molecular formula is C13H11BrF4O2S. The van der Waals surface area contributed by atoms with Gasteiger partial charge < -0.3 is 9.84 Å². The molecule has 0 unspecified atom stereocenters. The SMILES string of the molecule is OCc1sc2c(OCCCC(F)(F)F)c(F)ccc2c1Br. The summed E-state index contributed by atoms with van der Waals surface area (Å²) in [5.74, 6) is -0.701. The van der Waals surface area contributed by atoms with Crippen molar-refractivity contribution in [3.8, 4) is 5.75 Å². The standard InChI is InChI=1S/C13H11BrF4O2S/c14-10-7-2-3-8(15)11(12(7)21-9(10)6-19)20-5-1-4-13(16,17)18/h2-3,19H,1,4-6H2. The third-order valence-electron chi connectivity index (χ3n) is 2.77. The van der Waals surface area contributed by atoms with Crippen LogP contribution in [0.25, 0.3) is 10.1 Å². The van der Waals surface area contributed by atoms with E-state index in [1.54, 1.807) is 0 Å². The van der Waals surface area contributed by atoms with Crippen LogP contribution in [0, 0.1) is 5.82 Å². The van der Waals surface area contributed by atoms with E-state index in [1.165, 1.54) is 12.1 Å². The number of rotatable bonds is 5. The largest absolute Gasteiger partial charge is 0.489 e. The Labute approximate surface area is 130 Å². The Balaban J connectivity index is 2.20. The van der Waals surface area contributed by atoms with Crippen molar-refractivity contribution >= 4 is 37.4 Å². The molecule has 0 aliphatic heterocycles. The Morgan fingerprint density at radius 3 is 2.62 bits per heavy atom. The van der Waals surface area contributed by atoms with Crippen molar-refractivity contribution in [2.45, 2.75) is 25.6 Å². The molecule has 1 N–H and O–H groups in total. The van der Waals surface area contributed by atoms with Crippen molar-refractivity contribution in [2.24, 2.45) is 0 Å². The van der Waals surface area contributed by atoms with Gasteiger partial charge in [0.05, 0.1) is 17.9 Å². The molecule has 0 saturated carbocycles. The molecule has 1 aromatic heterocycles. The van der Waals surface area contributed by atoms with Crippen molar-refractivity contribution in [3.05, 3.63) is 27.3 Å². The minimum absolute atomic E-state index is 0.0694. The highest BCUT2D eigenvalue weighted by atomic mass is 79.9. The highest BCUT2D eigenvalue weighted by molar-refractivity contribution is 9.10. The molecule has 1 aromatic carbocycles. The van der Waals surface area contributed by atoms with Gasteiger partial charge in [-0.2, -0.15) is 13.2 Å². The number of thiophene rings is 1. The third kappa shape index (κ3) is 3.87. The number of hydrogen-bond donors (Lipinski definition) is 1. The average Bonchev–Trinajstić information content (AvgIpc) is 2.72. The highest BCUT2D eigenvalue weighted by Crippen LogP contribution is 2.42. The summed E-state index contributed by atoms with van der Waals surface area (Å²) in [7, 11) is 0. The number of halogens is 5. The molecule has 0 aliphatic carbocycles. The summed E-state index contributed by atoms with van der Waals surface area (Å²) in [6.45, 7) is -0.436. The van der Waals surface area contributed by atoms with Crippen LogP contribution in [0.15, 0.2) is 16.6 Å². The second kappa shape index (κ2) is 6.50. The Kier molecular flexibility index (Phi) is 5.11. The number of ether oxygens (including phenoxy) is 1. The molecule has 21 heavy (non-hydrogen) atoms. The quantitative estimate of drug-likeness (QED) is 0.577. The van der Waals surface area contributed by atoms with Crippen LogP contribution in [-0.4, -0.2) is 17.9 Å². The molecule has 2 nitrogen and oxygen atoms in total. The van der Waals surface area contributed by atoms with E-state index in [4.69, 9.17) is 4.74 Å². The molecule has 0 amide bonds. The molecule has 0 aliphatic rings. The van der Waals surface area contributed by atoms with E-state index in [2.05, 4.69) is 15.9 Å². The zero-order valence-electron chi connectivity index (χ0n) is 10.6. The molecule has 8 heteroatoms. The number of aliphatic hydroxyl groups is 1. The molecule has 0 saturated heterocycles. The van der Waals surface area contributed by atoms with Gasteiger partial charge in [-0.1, -0.05) is 0 Å². The van der Waals surface area contributed by atoms with Gasteiger partial charge in [0.1, 0.15) is 0 Å². The number of hydrogen-bond acceptors (Lipinski definition) is 3. The fourth-order valence-electron chi connectivity index (χ4n) is 1.81. The van der Waals surface area contributed by atoms with Crippen LogP contribution in [0.3, 0.4) is 0 Å². The molecule has 0 atom stereocenters. The molecule has 0 radical (unpaired) electrons. The van der Waals surface area contributed by atoms with Gasteiger partial charge in [0.15, 0.2) is 11.6 Å². The second-order valence-corrected chi connectivity index (χ2v) is 6.22. The first-order chi connectivity index (χ1) is 9.83. The van der Waals surface area contributed by atoms with E-state index in [0.717, 1.165) is 11.3 Å². The summed E-state index contributed by atoms with van der Waals surface area (Å²) in [6.07, 6.45) is -5.46. The summed E-state index contributed by atoms with van der Waals surface area (Å²) < 4.78 is 56.3. The second-order valence-electron chi connectivity index (χ2n) is 4.32.